The number of benzene rings is 3. The monoisotopic (exact) mass is 363 g/mol. The summed E-state index contributed by atoms with van der Waals surface area (Å²) in [5.74, 6) is -0.247. The van der Waals surface area contributed by atoms with Crippen molar-refractivity contribution in [2.75, 3.05) is 30.9 Å². The van der Waals surface area contributed by atoms with Crippen molar-refractivity contribution in [3.63, 3.8) is 0 Å². The van der Waals surface area contributed by atoms with Crippen molar-refractivity contribution >= 4 is 17.2 Å². The smallest absolute Gasteiger partial charge is 0.146 e. The lowest BCUT2D eigenvalue weighted by atomic mass is 9.97. The average Bonchev–Trinajstić information content (AvgIpc) is 2.70. The van der Waals surface area contributed by atoms with E-state index in [-0.39, 0.29) is 17.3 Å². The Morgan fingerprint density at radius 1 is 0.889 bits per heavy atom. The summed E-state index contributed by atoms with van der Waals surface area (Å²) in [7, 11) is 1.67. The molecular formula is C22H22FN3O. The molecular weight excluding hydrogens is 341 g/mol. The van der Waals surface area contributed by atoms with Crippen molar-refractivity contribution in [3.05, 3.63) is 84.2 Å². The molecule has 0 aromatic heterocycles. The lowest BCUT2D eigenvalue weighted by molar-refractivity contribution is 0.211. The van der Waals surface area contributed by atoms with Gasteiger partial charge in [-0.2, -0.15) is 0 Å². The van der Waals surface area contributed by atoms with Crippen LogP contribution in [0.25, 0.3) is 11.1 Å². The first kappa shape index (κ1) is 18.6. The third-order valence-corrected chi connectivity index (χ3v) is 4.17. The molecule has 0 amide bonds. The van der Waals surface area contributed by atoms with Crippen molar-refractivity contribution in [1.82, 2.24) is 0 Å². The molecule has 0 aliphatic rings. The highest BCUT2D eigenvalue weighted by Crippen LogP contribution is 2.31. The third-order valence-electron chi connectivity index (χ3n) is 4.17. The van der Waals surface area contributed by atoms with Crippen LogP contribution in [0.4, 0.5) is 15.8 Å². The SMILES string of the molecule is COCCNc1ccccc1-c1ccccc1C(=N)Nc1ccccc1F. The molecule has 0 aliphatic heterocycles. The van der Waals surface area contributed by atoms with E-state index in [0.29, 0.717) is 18.7 Å². The van der Waals surface area contributed by atoms with Crippen molar-refractivity contribution in [1.29, 1.82) is 5.41 Å². The number of rotatable bonds is 7. The summed E-state index contributed by atoms with van der Waals surface area (Å²) in [5.41, 5.74) is 3.81. The van der Waals surface area contributed by atoms with Gasteiger partial charge in [-0.3, -0.25) is 5.41 Å². The van der Waals surface area contributed by atoms with Crippen LogP contribution in [0, 0.1) is 11.2 Å². The van der Waals surface area contributed by atoms with Gasteiger partial charge >= 0.3 is 0 Å². The zero-order chi connectivity index (χ0) is 19.1. The Hall–Kier alpha value is -3.18. The van der Waals surface area contributed by atoms with Crippen LogP contribution in [-0.2, 0) is 4.74 Å². The van der Waals surface area contributed by atoms with Gasteiger partial charge in [-0.25, -0.2) is 4.39 Å². The fourth-order valence-electron chi connectivity index (χ4n) is 2.86. The number of para-hydroxylation sites is 2. The number of halogens is 1. The summed E-state index contributed by atoms with van der Waals surface area (Å²) in [5, 5.41) is 14.7. The lowest BCUT2D eigenvalue weighted by Gasteiger charge is -2.16. The minimum absolute atomic E-state index is 0.141. The van der Waals surface area contributed by atoms with Crippen LogP contribution in [0.15, 0.2) is 72.8 Å². The predicted molar refractivity (Wildman–Crippen MR) is 109 cm³/mol. The Balaban J connectivity index is 1.93. The summed E-state index contributed by atoms with van der Waals surface area (Å²) in [6, 6.07) is 21.9. The highest BCUT2D eigenvalue weighted by molar-refractivity contribution is 6.11. The molecule has 0 fully saturated rings. The molecule has 138 valence electrons. The molecule has 0 atom stereocenters. The van der Waals surface area contributed by atoms with E-state index >= 15 is 0 Å². The summed E-state index contributed by atoms with van der Waals surface area (Å²) < 4.78 is 19.1. The number of nitrogens with one attached hydrogen (secondary N) is 3. The topological polar surface area (TPSA) is 57.1 Å². The minimum Gasteiger partial charge on any atom is -0.383 e. The Labute approximate surface area is 158 Å². The van der Waals surface area contributed by atoms with Gasteiger partial charge < -0.3 is 15.4 Å². The molecule has 5 heteroatoms. The first-order chi connectivity index (χ1) is 13.2. The van der Waals surface area contributed by atoms with Crippen LogP contribution in [0.1, 0.15) is 5.56 Å². The van der Waals surface area contributed by atoms with Crippen LogP contribution in [0.3, 0.4) is 0 Å². The van der Waals surface area contributed by atoms with Crippen LogP contribution >= 0.6 is 0 Å². The van der Waals surface area contributed by atoms with Crippen LogP contribution in [-0.4, -0.2) is 26.1 Å². The molecule has 3 N–H and O–H groups in total. The standard InChI is InChI=1S/C22H22FN3O/c1-27-15-14-25-20-12-6-4-9-17(20)16-8-2-3-10-18(16)22(24)26-21-13-7-5-11-19(21)23/h2-13,25H,14-15H2,1H3,(H2,24,26). The van der Waals surface area contributed by atoms with Crippen LogP contribution < -0.4 is 10.6 Å². The first-order valence-electron chi connectivity index (χ1n) is 8.72. The van der Waals surface area contributed by atoms with E-state index in [9.17, 15) is 4.39 Å². The first-order valence-corrected chi connectivity index (χ1v) is 8.72. The van der Waals surface area contributed by atoms with Crippen molar-refractivity contribution in [2.24, 2.45) is 0 Å². The minimum atomic E-state index is -0.388. The van der Waals surface area contributed by atoms with E-state index in [0.717, 1.165) is 16.8 Å². The molecule has 3 aromatic rings. The van der Waals surface area contributed by atoms with E-state index in [1.807, 2.05) is 48.5 Å². The Kier molecular flexibility index (Phi) is 6.18. The number of methoxy groups -OCH3 is 1. The fourth-order valence-corrected chi connectivity index (χ4v) is 2.86. The molecule has 0 radical (unpaired) electrons. The second-order valence-corrected chi connectivity index (χ2v) is 5.99. The maximum absolute atomic E-state index is 13.9. The Bertz CT molecular complexity index is 927. The second-order valence-electron chi connectivity index (χ2n) is 5.99. The summed E-state index contributed by atoms with van der Waals surface area (Å²) in [6.45, 7) is 1.28. The summed E-state index contributed by atoms with van der Waals surface area (Å²) in [6.07, 6.45) is 0. The van der Waals surface area contributed by atoms with Gasteiger partial charge in [0, 0.05) is 30.5 Å². The quantitative estimate of drug-likeness (QED) is 0.315. The van der Waals surface area contributed by atoms with Gasteiger partial charge in [0.15, 0.2) is 0 Å². The molecule has 4 nitrogen and oxygen atoms in total. The van der Waals surface area contributed by atoms with E-state index in [2.05, 4.69) is 10.6 Å². The molecule has 0 saturated carbocycles. The van der Waals surface area contributed by atoms with Crippen LogP contribution in [0.5, 0.6) is 0 Å². The molecule has 3 rings (SSSR count). The normalized spacial score (nSPS) is 10.4. The molecule has 3 aromatic carbocycles. The Morgan fingerprint density at radius 2 is 1.52 bits per heavy atom. The zero-order valence-corrected chi connectivity index (χ0v) is 15.1. The van der Waals surface area contributed by atoms with Crippen molar-refractivity contribution < 1.29 is 9.13 Å². The van der Waals surface area contributed by atoms with E-state index in [1.54, 1.807) is 25.3 Å². The van der Waals surface area contributed by atoms with Crippen LogP contribution in [0.2, 0.25) is 0 Å². The molecule has 0 heterocycles. The molecule has 0 aliphatic carbocycles. The summed E-state index contributed by atoms with van der Waals surface area (Å²) >= 11 is 0. The largest absolute Gasteiger partial charge is 0.383 e. The number of amidine groups is 1. The van der Waals surface area contributed by atoms with Gasteiger partial charge in [-0.15, -0.1) is 0 Å². The number of ether oxygens (including phenoxy) is 1. The van der Waals surface area contributed by atoms with Crippen molar-refractivity contribution in [2.45, 2.75) is 0 Å². The second kappa shape index (κ2) is 8.96. The Morgan fingerprint density at radius 3 is 2.26 bits per heavy atom. The van der Waals surface area contributed by atoms with Crippen molar-refractivity contribution in [3.8, 4) is 11.1 Å². The van der Waals surface area contributed by atoms with Gasteiger partial charge in [-0.05, 0) is 23.8 Å². The average molecular weight is 363 g/mol. The number of anilines is 2. The lowest BCUT2D eigenvalue weighted by Crippen LogP contribution is -2.14. The zero-order valence-electron chi connectivity index (χ0n) is 15.1. The molecule has 0 unspecified atom stereocenters. The molecule has 0 saturated heterocycles. The van der Waals surface area contributed by atoms with E-state index in [1.165, 1.54) is 6.07 Å². The van der Waals surface area contributed by atoms with E-state index in [4.69, 9.17) is 10.1 Å². The van der Waals surface area contributed by atoms with Gasteiger partial charge in [0.25, 0.3) is 0 Å². The van der Waals surface area contributed by atoms with Gasteiger partial charge in [0.2, 0.25) is 0 Å². The third kappa shape index (κ3) is 4.51. The molecule has 0 spiro atoms. The highest BCUT2D eigenvalue weighted by atomic mass is 19.1. The summed E-state index contributed by atoms with van der Waals surface area (Å²) in [4.78, 5) is 0. The number of hydrogen-bond acceptors (Lipinski definition) is 3. The van der Waals surface area contributed by atoms with E-state index < -0.39 is 0 Å². The maximum Gasteiger partial charge on any atom is 0.146 e. The van der Waals surface area contributed by atoms with Gasteiger partial charge in [0.05, 0.1) is 12.3 Å². The number of hydrogen-bond donors (Lipinski definition) is 3. The highest BCUT2D eigenvalue weighted by Gasteiger charge is 2.13. The van der Waals surface area contributed by atoms with Gasteiger partial charge in [0.1, 0.15) is 11.7 Å². The molecule has 0 bridgehead atoms. The predicted octanol–water partition coefficient (Wildman–Crippen LogP) is 4.99. The maximum atomic E-state index is 13.9. The fraction of sp³-hybridized carbons (Fsp3) is 0.136. The molecule has 27 heavy (non-hydrogen) atoms. The van der Waals surface area contributed by atoms with Gasteiger partial charge in [-0.1, -0.05) is 54.6 Å².